The average molecular weight is 298 g/mol. The molecule has 0 saturated heterocycles. The largest absolute Gasteiger partial charge is 0.382 e. The van der Waals surface area contributed by atoms with Gasteiger partial charge in [0.05, 0.1) is 16.2 Å². The fraction of sp³-hybridized carbons (Fsp3) is 0.294. The number of aliphatic hydroxyl groups is 1. The number of nitrogens with zero attached hydrogens (tertiary/aromatic N) is 2. The molecule has 3 aromatic rings. The first kappa shape index (κ1) is 14.2. The predicted molar refractivity (Wildman–Crippen MR) is 86.6 cm³/mol. The van der Waals surface area contributed by atoms with Crippen molar-refractivity contribution >= 4 is 22.2 Å². The molecule has 2 heterocycles. The predicted octanol–water partition coefficient (Wildman–Crippen LogP) is 4.07. The normalized spacial score (nSPS) is 13.5. The first-order valence-electron chi connectivity index (χ1n) is 6.94. The van der Waals surface area contributed by atoms with E-state index in [4.69, 9.17) is 0 Å². The Kier molecular flexibility index (Phi) is 3.51. The van der Waals surface area contributed by atoms with E-state index in [-0.39, 0.29) is 5.41 Å². The number of fused-ring (bicyclic) bond motifs is 1. The molecule has 21 heavy (non-hydrogen) atoms. The lowest BCUT2D eigenvalue weighted by Gasteiger charge is -2.14. The lowest BCUT2D eigenvalue weighted by molar-refractivity contribution is 0.216. The van der Waals surface area contributed by atoms with Gasteiger partial charge in [-0.25, -0.2) is 4.98 Å². The SMILES string of the molecule is CC(C)(C)c1nc(C(O)c2ccc3cccnc3c2)cs1. The van der Waals surface area contributed by atoms with Crippen molar-refractivity contribution in [2.75, 3.05) is 0 Å². The van der Waals surface area contributed by atoms with Crippen molar-refractivity contribution in [2.24, 2.45) is 0 Å². The zero-order valence-corrected chi connectivity index (χ0v) is 13.2. The van der Waals surface area contributed by atoms with E-state index in [0.29, 0.717) is 5.69 Å². The van der Waals surface area contributed by atoms with Crippen molar-refractivity contribution in [3.8, 4) is 0 Å². The molecule has 108 valence electrons. The van der Waals surface area contributed by atoms with Gasteiger partial charge in [-0.15, -0.1) is 11.3 Å². The van der Waals surface area contributed by atoms with E-state index in [2.05, 4.69) is 30.7 Å². The lowest BCUT2D eigenvalue weighted by Crippen LogP contribution is -2.11. The number of rotatable bonds is 2. The van der Waals surface area contributed by atoms with Crippen molar-refractivity contribution in [2.45, 2.75) is 32.3 Å². The number of hydrogen-bond donors (Lipinski definition) is 1. The highest BCUT2D eigenvalue weighted by atomic mass is 32.1. The first-order valence-corrected chi connectivity index (χ1v) is 7.82. The van der Waals surface area contributed by atoms with Crippen molar-refractivity contribution in [1.82, 2.24) is 9.97 Å². The van der Waals surface area contributed by atoms with E-state index in [0.717, 1.165) is 21.5 Å². The first-order chi connectivity index (χ1) is 9.95. The van der Waals surface area contributed by atoms with Crippen LogP contribution in [0.4, 0.5) is 0 Å². The molecule has 0 fully saturated rings. The molecule has 4 heteroatoms. The Morgan fingerprint density at radius 3 is 2.71 bits per heavy atom. The second-order valence-electron chi connectivity index (χ2n) is 6.19. The molecule has 1 atom stereocenters. The highest BCUT2D eigenvalue weighted by Crippen LogP contribution is 2.30. The van der Waals surface area contributed by atoms with Gasteiger partial charge >= 0.3 is 0 Å². The molecule has 1 unspecified atom stereocenters. The summed E-state index contributed by atoms with van der Waals surface area (Å²) in [4.78, 5) is 8.92. The molecular weight excluding hydrogens is 280 g/mol. The summed E-state index contributed by atoms with van der Waals surface area (Å²) in [7, 11) is 0. The fourth-order valence-corrected chi connectivity index (χ4v) is 3.11. The second kappa shape index (κ2) is 5.20. The maximum Gasteiger partial charge on any atom is 0.122 e. The van der Waals surface area contributed by atoms with Crippen LogP contribution in [0.2, 0.25) is 0 Å². The third-order valence-corrected chi connectivity index (χ3v) is 4.68. The van der Waals surface area contributed by atoms with Crippen LogP contribution in [0, 0.1) is 0 Å². The van der Waals surface area contributed by atoms with Crippen LogP contribution in [-0.2, 0) is 5.41 Å². The van der Waals surface area contributed by atoms with Crippen LogP contribution in [0.5, 0.6) is 0 Å². The van der Waals surface area contributed by atoms with Gasteiger partial charge in [0.2, 0.25) is 0 Å². The minimum atomic E-state index is -0.705. The van der Waals surface area contributed by atoms with Gasteiger partial charge in [0.1, 0.15) is 6.10 Å². The molecular formula is C17H18N2OS. The van der Waals surface area contributed by atoms with Gasteiger partial charge in [-0.3, -0.25) is 4.98 Å². The molecule has 1 aromatic carbocycles. The molecule has 0 amide bonds. The van der Waals surface area contributed by atoms with Crippen LogP contribution >= 0.6 is 11.3 Å². The molecule has 0 spiro atoms. The minimum absolute atomic E-state index is 0.00752. The average Bonchev–Trinajstić information content (AvgIpc) is 2.96. The van der Waals surface area contributed by atoms with Gasteiger partial charge in [0, 0.05) is 22.4 Å². The van der Waals surface area contributed by atoms with Gasteiger partial charge in [0.25, 0.3) is 0 Å². The van der Waals surface area contributed by atoms with Crippen molar-refractivity contribution < 1.29 is 5.11 Å². The number of benzene rings is 1. The molecule has 1 N–H and O–H groups in total. The Morgan fingerprint density at radius 1 is 1.19 bits per heavy atom. The zero-order chi connectivity index (χ0) is 15.0. The maximum atomic E-state index is 10.5. The molecule has 0 bridgehead atoms. The fourth-order valence-electron chi connectivity index (χ4n) is 2.18. The van der Waals surface area contributed by atoms with Crippen molar-refractivity contribution in [1.29, 1.82) is 0 Å². The van der Waals surface area contributed by atoms with Crippen LogP contribution in [-0.4, -0.2) is 15.1 Å². The van der Waals surface area contributed by atoms with Gasteiger partial charge < -0.3 is 5.11 Å². The van der Waals surface area contributed by atoms with Gasteiger partial charge in [-0.2, -0.15) is 0 Å². The maximum absolute atomic E-state index is 10.5. The van der Waals surface area contributed by atoms with E-state index in [1.54, 1.807) is 17.5 Å². The summed E-state index contributed by atoms with van der Waals surface area (Å²) >= 11 is 1.60. The minimum Gasteiger partial charge on any atom is -0.382 e. The Morgan fingerprint density at radius 2 is 2.00 bits per heavy atom. The van der Waals surface area contributed by atoms with Gasteiger partial charge in [0.15, 0.2) is 0 Å². The molecule has 3 rings (SSSR count). The van der Waals surface area contributed by atoms with E-state index in [1.165, 1.54) is 0 Å². The standard InChI is InChI=1S/C17H18N2OS/c1-17(2,3)16-19-14(10-21-16)15(20)12-7-6-11-5-4-8-18-13(11)9-12/h4-10,15,20H,1-3H3. The molecule has 0 radical (unpaired) electrons. The summed E-state index contributed by atoms with van der Waals surface area (Å²) < 4.78 is 0. The van der Waals surface area contributed by atoms with Crippen LogP contribution < -0.4 is 0 Å². The van der Waals surface area contributed by atoms with Crippen LogP contribution in [0.1, 0.15) is 43.1 Å². The zero-order valence-electron chi connectivity index (χ0n) is 12.4. The number of pyridine rings is 1. The second-order valence-corrected chi connectivity index (χ2v) is 7.04. The number of aromatic nitrogens is 2. The molecule has 0 aliphatic rings. The van der Waals surface area contributed by atoms with Crippen molar-refractivity contribution in [3.63, 3.8) is 0 Å². The number of hydrogen-bond acceptors (Lipinski definition) is 4. The summed E-state index contributed by atoms with van der Waals surface area (Å²) in [6, 6.07) is 9.77. The highest BCUT2D eigenvalue weighted by Gasteiger charge is 2.21. The third kappa shape index (κ3) is 2.82. The van der Waals surface area contributed by atoms with Crippen LogP contribution in [0.25, 0.3) is 10.9 Å². The summed E-state index contributed by atoms with van der Waals surface area (Å²) in [5.74, 6) is 0. The summed E-state index contributed by atoms with van der Waals surface area (Å²) in [6.45, 7) is 6.38. The van der Waals surface area contributed by atoms with E-state index in [1.807, 2.05) is 35.7 Å². The molecule has 0 aliphatic heterocycles. The number of aliphatic hydroxyl groups excluding tert-OH is 1. The Bertz CT molecular complexity index is 774. The van der Waals surface area contributed by atoms with Gasteiger partial charge in [-0.05, 0) is 17.7 Å². The Labute approximate surface area is 128 Å². The summed E-state index contributed by atoms with van der Waals surface area (Å²) in [6.07, 6.45) is 1.06. The van der Waals surface area contributed by atoms with E-state index < -0.39 is 6.10 Å². The topological polar surface area (TPSA) is 46.0 Å². The lowest BCUT2D eigenvalue weighted by atomic mass is 9.98. The van der Waals surface area contributed by atoms with E-state index in [9.17, 15) is 5.11 Å². The molecule has 0 aliphatic carbocycles. The Hall–Kier alpha value is -1.78. The quantitative estimate of drug-likeness (QED) is 0.775. The Balaban J connectivity index is 1.96. The van der Waals surface area contributed by atoms with Crippen LogP contribution in [0.15, 0.2) is 41.9 Å². The number of thiazole rings is 1. The highest BCUT2D eigenvalue weighted by molar-refractivity contribution is 7.09. The van der Waals surface area contributed by atoms with Crippen molar-refractivity contribution in [3.05, 3.63) is 58.2 Å². The smallest absolute Gasteiger partial charge is 0.122 e. The van der Waals surface area contributed by atoms with Crippen LogP contribution in [0.3, 0.4) is 0 Å². The summed E-state index contributed by atoms with van der Waals surface area (Å²) in [5.41, 5.74) is 2.43. The van der Waals surface area contributed by atoms with Gasteiger partial charge in [-0.1, -0.05) is 39.0 Å². The summed E-state index contributed by atoms with van der Waals surface area (Å²) in [5, 5.41) is 14.6. The third-order valence-electron chi connectivity index (χ3n) is 3.39. The monoisotopic (exact) mass is 298 g/mol. The molecule has 0 saturated carbocycles. The molecule has 2 aromatic heterocycles. The molecule has 3 nitrogen and oxygen atoms in total. The van der Waals surface area contributed by atoms with E-state index >= 15 is 0 Å².